The molecular weight excluding hydrogens is 362 g/mol. The molecule has 2 heterocycles. The molecule has 1 aromatic heterocycles. The Labute approximate surface area is 170 Å². The maximum absolute atomic E-state index is 6.19. The molecule has 0 saturated heterocycles. The van der Waals surface area contributed by atoms with Gasteiger partial charge in [0.1, 0.15) is 11.6 Å². The first-order valence-corrected chi connectivity index (χ1v) is 9.51. The number of hydrogen-bond donors (Lipinski definition) is 1. The average Bonchev–Trinajstić information content (AvgIpc) is 3.26. The number of benzene rings is 2. The number of amidine groups is 1. The van der Waals surface area contributed by atoms with E-state index in [0.717, 1.165) is 44.8 Å². The average molecular weight is 387 g/mol. The first-order valence-electron chi connectivity index (χ1n) is 9.51. The summed E-state index contributed by atoms with van der Waals surface area (Å²) < 4.78 is 7.34. The number of nitrogens with zero attached hydrogens (tertiary/aromatic N) is 4. The fourth-order valence-corrected chi connectivity index (χ4v) is 3.96. The third-order valence-corrected chi connectivity index (χ3v) is 5.35. The lowest BCUT2D eigenvalue weighted by Gasteiger charge is -2.26. The number of methoxy groups -OCH3 is 1. The van der Waals surface area contributed by atoms with E-state index in [1.165, 1.54) is 0 Å². The SMILES string of the molecule is COc1c(C)cc(C2(c3cccc(-c4cnn(C)c4)c3)N=C(C)C(N)=N2)cc1C. The topological polar surface area (TPSA) is 77.8 Å². The molecule has 6 nitrogen and oxygen atoms in total. The van der Waals surface area contributed by atoms with Crippen molar-refractivity contribution in [3.05, 3.63) is 71.0 Å². The number of aromatic nitrogens is 2. The van der Waals surface area contributed by atoms with Crippen molar-refractivity contribution in [2.45, 2.75) is 26.4 Å². The number of rotatable bonds is 4. The minimum atomic E-state index is -0.909. The molecule has 0 amide bonds. The molecule has 6 heteroatoms. The van der Waals surface area contributed by atoms with Gasteiger partial charge in [0.05, 0.1) is 19.0 Å². The molecule has 2 N–H and O–H groups in total. The Morgan fingerprint density at radius 3 is 2.24 bits per heavy atom. The Kier molecular flexibility index (Phi) is 4.49. The van der Waals surface area contributed by atoms with Crippen LogP contribution >= 0.6 is 0 Å². The van der Waals surface area contributed by atoms with Gasteiger partial charge in [0.15, 0.2) is 0 Å². The van der Waals surface area contributed by atoms with Crippen LogP contribution in [-0.2, 0) is 12.7 Å². The zero-order valence-corrected chi connectivity index (χ0v) is 17.4. The van der Waals surface area contributed by atoms with Crippen LogP contribution in [0.15, 0.2) is 58.8 Å². The first-order chi connectivity index (χ1) is 13.8. The number of nitrogens with two attached hydrogens (primary N) is 1. The minimum absolute atomic E-state index is 0.461. The normalized spacial score (nSPS) is 18.5. The van der Waals surface area contributed by atoms with Gasteiger partial charge in [-0.1, -0.05) is 18.2 Å². The van der Waals surface area contributed by atoms with Gasteiger partial charge in [0.2, 0.25) is 5.66 Å². The molecule has 3 aromatic rings. The van der Waals surface area contributed by atoms with Crippen LogP contribution in [0.3, 0.4) is 0 Å². The van der Waals surface area contributed by atoms with Crippen molar-refractivity contribution in [2.24, 2.45) is 22.8 Å². The van der Waals surface area contributed by atoms with E-state index >= 15 is 0 Å². The Morgan fingerprint density at radius 2 is 1.69 bits per heavy atom. The van der Waals surface area contributed by atoms with Crippen LogP contribution in [0.1, 0.15) is 29.2 Å². The fraction of sp³-hybridized carbons (Fsp3) is 0.261. The van der Waals surface area contributed by atoms with Crippen molar-refractivity contribution >= 4 is 11.5 Å². The third kappa shape index (κ3) is 3.10. The molecule has 4 rings (SSSR count). The van der Waals surface area contributed by atoms with E-state index in [9.17, 15) is 0 Å². The predicted molar refractivity (Wildman–Crippen MR) is 117 cm³/mol. The van der Waals surface area contributed by atoms with E-state index in [4.69, 9.17) is 20.5 Å². The molecule has 0 aliphatic carbocycles. The smallest absolute Gasteiger partial charge is 0.204 e. The van der Waals surface area contributed by atoms with Crippen LogP contribution in [-0.4, -0.2) is 28.4 Å². The first kappa shape index (κ1) is 18.9. The van der Waals surface area contributed by atoms with E-state index < -0.39 is 5.66 Å². The second-order valence-corrected chi connectivity index (χ2v) is 7.49. The zero-order chi connectivity index (χ0) is 20.8. The molecule has 0 spiro atoms. The fourth-order valence-electron chi connectivity index (χ4n) is 3.96. The maximum atomic E-state index is 6.19. The molecular formula is C23H25N5O. The molecule has 1 aliphatic heterocycles. The molecule has 148 valence electrons. The second-order valence-electron chi connectivity index (χ2n) is 7.49. The van der Waals surface area contributed by atoms with Crippen molar-refractivity contribution < 1.29 is 4.74 Å². The lowest BCUT2D eigenvalue weighted by atomic mass is 9.88. The molecule has 0 radical (unpaired) electrons. The third-order valence-electron chi connectivity index (χ3n) is 5.35. The Hall–Kier alpha value is -3.41. The van der Waals surface area contributed by atoms with Crippen molar-refractivity contribution in [3.63, 3.8) is 0 Å². The highest BCUT2D eigenvalue weighted by molar-refractivity contribution is 6.41. The van der Waals surface area contributed by atoms with Crippen LogP contribution in [0.5, 0.6) is 5.75 Å². The standard InChI is InChI=1S/C23H25N5O/c1-14-9-20(10-15(2)21(14)29-5)23(26-16(3)22(24)27-23)19-8-6-7-17(11-19)18-12-25-28(4)13-18/h6-13H,1-5H3,(H2,24,27). The quantitative estimate of drug-likeness (QED) is 0.741. The summed E-state index contributed by atoms with van der Waals surface area (Å²) in [6.07, 6.45) is 3.85. The van der Waals surface area contributed by atoms with Crippen molar-refractivity contribution in [1.82, 2.24) is 9.78 Å². The van der Waals surface area contributed by atoms with E-state index in [1.807, 2.05) is 52.3 Å². The van der Waals surface area contributed by atoms with Gasteiger partial charge < -0.3 is 10.5 Å². The van der Waals surface area contributed by atoms with Crippen LogP contribution in [0.4, 0.5) is 0 Å². The van der Waals surface area contributed by atoms with Gasteiger partial charge in [-0.25, -0.2) is 9.98 Å². The van der Waals surface area contributed by atoms with E-state index in [2.05, 4.69) is 29.4 Å². The van der Waals surface area contributed by atoms with E-state index in [1.54, 1.807) is 11.8 Å². The molecule has 0 bridgehead atoms. The summed E-state index contributed by atoms with van der Waals surface area (Å²) in [5.41, 5.74) is 12.1. The Balaban J connectivity index is 1.94. The highest BCUT2D eigenvalue weighted by Crippen LogP contribution is 2.42. The summed E-state index contributed by atoms with van der Waals surface area (Å²) in [4.78, 5) is 9.79. The van der Waals surface area contributed by atoms with Crippen molar-refractivity contribution in [2.75, 3.05) is 7.11 Å². The van der Waals surface area contributed by atoms with Gasteiger partial charge in [-0.05, 0) is 55.7 Å². The summed E-state index contributed by atoms with van der Waals surface area (Å²) in [5, 5.41) is 4.29. The summed E-state index contributed by atoms with van der Waals surface area (Å²) in [6.45, 7) is 5.97. The number of hydrogen-bond acceptors (Lipinski definition) is 5. The van der Waals surface area contributed by atoms with Crippen molar-refractivity contribution in [3.8, 4) is 16.9 Å². The molecule has 2 aromatic carbocycles. The van der Waals surface area contributed by atoms with Gasteiger partial charge >= 0.3 is 0 Å². The van der Waals surface area contributed by atoms with Crippen LogP contribution < -0.4 is 10.5 Å². The highest BCUT2D eigenvalue weighted by Gasteiger charge is 2.39. The maximum Gasteiger partial charge on any atom is 0.204 e. The summed E-state index contributed by atoms with van der Waals surface area (Å²) in [5.74, 6) is 1.34. The minimum Gasteiger partial charge on any atom is -0.496 e. The lowest BCUT2D eigenvalue weighted by Crippen LogP contribution is -2.22. The van der Waals surface area contributed by atoms with Crippen LogP contribution in [0, 0.1) is 13.8 Å². The summed E-state index contributed by atoms with van der Waals surface area (Å²) in [6, 6.07) is 12.4. The van der Waals surface area contributed by atoms with E-state index in [-0.39, 0.29) is 0 Å². The predicted octanol–water partition coefficient (Wildman–Crippen LogP) is 3.75. The number of ether oxygens (including phenoxy) is 1. The Morgan fingerprint density at radius 1 is 0.966 bits per heavy atom. The molecule has 1 atom stereocenters. The van der Waals surface area contributed by atoms with Gasteiger partial charge in [0.25, 0.3) is 0 Å². The number of aliphatic imine (C=N–C) groups is 2. The van der Waals surface area contributed by atoms with Crippen LogP contribution in [0.2, 0.25) is 0 Å². The van der Waals surface area contributed by atoms with Gasteiger partial charge in [0, 0.05) is 29.9 Å². The molecule has 1 unspecified atom stereocenters. The molecule has 0 saturated carbocycles. The molecule has 1 aliphatic rings. The van der Waals surface area contributed by atoms with Crippen LogP contribution in [0.25, 0.3) is 11.1 Å². The monoisotopic (exact) mass is 387 g/mol. The Bertz CT molecular complexity index is 1110. The lowest BCUT2D eigenvalue weighted by molar-refractivity contribution is 0.408. The van der Waals surface area contributed by atoms with E-state index in [0.29, 0.717) is 5.84 Å². The van der Waals surface area contributed by atoms with Gasteiger partial charge in [-0.3, -0.25) is 4.68 Å². The van der Waals surface area contributed by atoms with Gasteiger partial charge in [-0.15, -0.1) is 0 Å². The largest absolute Gasteiger partial charge is 0.496 e. The highest BCUT2D eigenvalue weighted by atomic mass is 16.5. The molecule has 29 heavy (non-hydrogen) atoms. The summed E-state index contributed by atoms with van der Waals surface area (Å²) in [7, 11) is 3.60. The van der Waals surface area contributed by atoms with Crippen molar-refractivity contribution in [1.29, 1.82) is 0 Å². The van der Waals surface area contributed by atoms with Gasteiger partial charge in [-0.2, -0.15) is 5.10 Å². The zero-order valence-electron chi connectivity index (χ0n) is 17.4. The molecule has 0 fully saturated rings. The second kappa shape index (κ2) is 6.88. The summed E-state index contributed by atoms with van der Waals surface area (Å²) >= 11 is 0. The number of aryl methyl sites for hydroxylation is 3.